The van der Waals surface area contributed by atoms with E-state index in [4.69, 9.17) is 5.10 Å². The van der Waals surface area contributed by atoms with E-state index in [0.29, 0.717) is 5.41 Å². The van der Waals surface area contributed by atoms with E-state index >= 15 is 0 Å². The lowest BCUT2D eigenvalue weighted by molar-refractivity contribution is 0.321. The topological polar surface area (TPSA) is 35.6 Å². The second-order valence-electron chi connectivity index (χ2n) is 8.70. The molecule has 0 amide bonds. The Hall–Kier alpha value is -1.58. The standard InChI is InChI=1S/C19H32N4/c1-18(2,3)11-14-23-13-9-17(21-23)15-19(4,5)10-7-16-8-12-22(6)20-16/h8-9,12-13H,7,10-11,14-15H2,1-6H3. The van der Waals surface area contributed by atoms with Crippen LogP contribution >= 0.6 is 0 Å². The highest BCUT2D eigenvalue weighted by atomic mass is 15.3. The Balaban J connectivity index is 1.86. The molecule has 128 valence electrons. The molecule has 0 aromatic carbocycles. The van der Waals surface area contributed by atoms with Crippen LogP contribution < -0.4 is 0 Å². The first-order valence-corrected chi connectivity index (χ1v) is 8.64. The minimum atomic E-state index is 0.237. The molecular weight excluding hydrogens is 284 g/mol. The van der Waals surface area contributed by atoms with E-state index in [9.17, 15) is 0 Å². The van der Waals surface area contributed by atoms with Crippen molar-refractivity contribution in [2.75, 3.05) is 0 Å². The average molecular weight is 316 g/mol. The maximum atomic E-state index is 4.75. The molecule has 0 atom stereocenters. The van der Waals surface area contributed by atoms with Crippen molar-refractivity contribution in [2.45, 2.75) is 66.8 Å². The number of rotatable bonds is 7. The van der Waals surface area contributed by atoms with Crippen LogP contribution in [0.25, 0.3) is 0 Å². The largest absolute Gasteiger partial charge is 0.276 e. The van der Waals surface area contributed by atoms with Gasteiger partial charge in [0.25, 0.3) is 0 Å². The number of hydrogen-bond acceptors (Lipinski definition) is 2. The predicted molar refractivity (Wildman–Crippen MR) is 95.3 cm³/mol. The quantitative estimate of drug-likeness (QED) is 0.765. The van der Waals surface area contributed by atoms with Crippen LogP contribution in [-0.4, -0.2) is 19.6 Å². The summed E-state index contributed by atoms with van der Waals surface area (Å²) in [5, 5.41) is 9.22. The van der Waals surface area contributed by atoms with Crippen LogP contribution in [0, 0.1) is 10.8 Å². The van der Waals surface area contributed by atoms with Gasteiger partial charge in [-0.15, -0.1) is 0 Å². The van der Waals surface area contributed by atoms with Gasteiger partial charge in [0, 0.05) is 26.0 Å². The van der Waals surface area contributed by atoms with Gasteiger partial charge in [-0.25, -0.2) is 0 Å². The number of nitrogens with zero attached hydrogens (tertiary/aromatic N) is 4. The zero-order valence-corrected chi connectivity index (χ0v) is 15.6. The molecule has 2 aromatic heterocycles. The second kappa shape index (κ2) is 6.90. The first-order valence-electron chi connectivity index (χ1n) is 8.64. The Bertz CT molecular complexity index is 613. The van der Waals surface area contributed by atoms with E-state index in [1.807, 2.05) is 17.9 Å². The molecule has 0 N–H and O–H groups in total. The monoisotopic (exact) mass is 316 g/mol. The summed E-state index contributed by atoms with van der Waals surface area (Å²) in [6.07, 6.45) is 8.45. The smallest absolute Gasteiger partial charge is 0.0629 e. The maximum Gasteiger partial charge on any atom is 0.0629 e. The van der Waals surface area contributed by atoms with Crippen molar-refractivity contribution in [3.8, 4) is 0 Å². The molecule has 4 nitrogen and oxygen atoms in total. The molecule has 0 aliphatic heterocycles. The van der Waals surface area contributed by atoms with Gasteiger partial charge in [0.1, 0.15) is 0 Å². The van der Waals surface area contributed by atoms with Gasteiger partial charge in [-0.05, 0) is 48.6 Å². The van der Waals surface area contributed by atoms with Crippen molar-refractivity contribution in [1.82, 2.24) is 19.6 Å². The highest BCUT2D eigenvalue weighted by Crippen LogP contribution is 2.27. The molecule has 0 bridgehead atoms. The van der Waals surface area contributed by atoms with Gasteiger partial charge in [0.05, 0.1) is 11.4 Å². The molecule has 0 aliphatic carbocycles. The van der Waals surface area contributed by atoms with Crippen LogP contribution in [0.3, 0.4) is 0 Å². The summed E-state index contributed by atoms with van der Waals surface area (Å²) in [6, 6.07) is 4.28. The SMILES string of the molecule is Cn1ccc(CCC(C)(C)Cc2ccn(CCC(C)(C)C)n2)n1. The summed E-state index contributed by atoms with van der Waals surface area (Å²) in [5.74, 6) is 0. The van der Waals surface area contributed by atoms with Crippen molar-refractivity contribution in [2.24, 2.45) is 17.9 Å². The summed E-state index contributed by atoms with van der Waals surface area (Å²) < 4.78 is 3.97. The first-order chi connectivity index (χ1) is 10.6. The first kappa shape index (κ1) is 17.8. The van der Waals surface area contributed by atoms with Gasteiger partial charge in [-0.1, -0.05) is 34.6 Å². The summed E-state index contributed by atoms with van der Waals surface area (Å²) in [4.78, 5) is 0. The molecule has 0 radical (unpaired) electrons. The van der Waals surface area contributed by atoms with Gasteiger partial charge in [0.15, 0.2) is 0 Å². The van der Waals surface area contributed by atoms with E-state index < -0.39 is 0 Å². The molecule has 0 spiro atoms. The molecule has 0 saturated carbocycles. The normalized spacial score (nSPS) is 12.8. The fourth-order valence-corrected chi connectivity index (χ4v) is 2.71. The van der Waals surface area contributed by atoms with Crippen LogP contribution in [0.15, 0.2) is 24.5 Å². The molecule has 0 fully saturated rings. The average Bonchev–Trinajstić information content (AvgIpc) is 3.02. The molecule has 0 saturated heterocycles. The van der Waals surface area contributed by atoms with Gasteiger partial charge >= 0.3 is 0 Å². The third kappa shape index (κ3) is 6.20. The zero-order chi connectivity index (χ0) is 17.1. The number of aromatic nitrogens is 4. The van der Waals surface area contributed by atoms with Crippen molar-refractivity contribution >= 4 is 0 Å². The molecule has 2 aromatic rings. The van der Waals surface area contributed by atoms with Crippen LogP contribution in [0.1, 0.15) is 58.8 Å². The van der Waals surface area contributed by atoms with Crippen LogP contribution in [-0.2, 0) is 26.4 Å². The Kier molecular flexibility index (Phi) is 5.33. The summed E-state index contributed by atoms with van der Waals surface area (Å²) in [5.41, 5.74) is 2.97. The maximum absolute atomic E-state index is 4.75. The van der Waals surface area contributed by atoms with Crippen molar-refractivity contribution in [3.63, 3.8) is 0 Å². The third-order valence-corrected chi connectivity index (χ3v) is 4.27. The molecule has 2 heterocycles. The summed E-state index contributed by atoms with van der Waals surface area (Å²) >= 11 is 0. The minimum absolute atomic E-state index is 0.237. The molecule has 0 aliphatic rings. The third-order valence-electron chi connectivity index (χ3n) is 4.27. The van der Waals surface area contributed by atoms with E-state index in [-0.39, 0.29) is 5.41 Å². The van der Waals surface area contributed by atoms with Gasteiger partial charge in [-0.3, -0.25) is 9.36 Å². The van der Waals surface area contributed by atoms with E-state index in [2.05, 4.69) is 62.7 Å². The van der Waals surface area contributed by atoms with E-state index in [1.165, 1.54) is 11.4 Å². The summed E-state index contributed by atoms with van der Waals surface area (Å²) in [6.45, 7) is 12.5. The van der Waals surface area contributed by atoms with E-state index in [0.717, 1.165) is 32.2 Å². The molecule has 0 unspecified atom stereocenters. The Morgan fingerprint density at radius 2 is 1.61 bits per heavy atom. The highest BCUT2D eigenvalue weighted by molar-refractivity contribution is 5.04. The molecule has 2 rings (SSSR count). The second-order valence-corrected chi connectivity index (χ2v) is 8.70. The predicted octanol–water partition coefficient (Wildman–Crippen LogP) is 4.25. The van der Waals surface area contributed by atoms with Crippen molar-refractivity contribution < 1.29 is 0 Å². The zero-order valence-electron chi connectivity index (χ0n) is 15.6. The van der Waals surface area contributed by atoms with Crippen molar-refractivity contribution in [1.29, 1.82) is 0 Å². The van der Waals surface area contributed by atoms with Crippen molar-refractivity contribution in [3.05, 3.63) is 35.9 Å². The van der Waals surface area contributed by atoms with Crippen LogP contribution in [0.2, 0.25) is 0 Å². The van der Waals surface area contributed by atoms with Gasteiger partial charge in [0.2, 0.25) is 0 Å². The number of hydrogen-bond donors (Lipinski definition) is 0. The van der Waals surface area contributed by atoms with Crippen LogP contribution in [0.4, 0.5) is 0 Å². The van der Waals surface area contributed by atoms with Gasteiger partial charge in [-0.2, -0.15) is 10.2 Å². The lowest BCUT2D eigenvalue weighted by Crippen LogP contribution is -2.17. The van der Waals surface area contributed by atoms with Crippen LogP contribution in [0.5, 0.6) is 0 Å². The Labute approximate surface area is 140 Å². The Morgan fingerprint density at radius 3 is 2.22 bits per heavy atom. The highest BCUT2D eigenvalue weighted by Gasteiger charge is 2.20. The molecular formula is C19H32N4. The van der Waals surface area contributed by atoms with E-state index in [1.54, 1.807) is 0 Å². The summed E-state index contributed by atoms with van der Waals surface area (Å²) in [7, 11) is 1.97. The lowest BCUT2D eigenvalue weighted by Gasteiger charge is -2.23. The Morgan fingerprint density at radius 1 is 0.913 bits per heavy atom. The number of aryl methyl sites for hydroxylation is 3. The van der Waals surface area contributed by atoms with Gasteiger partial charge < -0.3 is 0 Å². The minimum Gasteiger partial charge on any atom is -0.276 e. The fraction of sp³-hybridized carbons (Fsp3) is 0.684. The fourth-order valence-electron chi connectivity index (χ4n) is 2.71. The molecule has 23 heavy (non-hydrogen) atoms. The lowest BCUT2D eigenvalue weighted by atomic mass is 9.83. The molecule has 4 heteroatoms.